The first kappa shape index (κ1) is 13.9. The summed E-state index contributed by atoms with van der Waals surface area (Å²) < 4.78 is 5.11. The molecule has 2 atom stereocenters. The van der Waals surface area contributed by atoms with Gasteiger partial charge in [0.05, 0.1) is 13.2 Å². The first-order valence-electron chi connectivity index (χ1n) is 6.03. The van der Waals surface area contributed by atoms with Crippen molar-refractivity contribution in [3.05, 3.63) is 48.0 Å². The van der Waals surface area contributed by atoms with Crippen molar-refractivity contribution in [2.45, 2.75) is 13.0 Å². The van der Waals surface area contributed by atoms with Gasteiger partial charge in [-0.05, 0) is 23.9 Å². The zero-order valence-electron chi connectivity index (χ0n) is 10.9. The molecular formula is C15H17O3P. The lowest BCUT2D eigenvalue weighted by molar-refractivity contribution is 0.200. The summed E-state index contributed by atoms with van der Waals surface area (Å²) in [6.45, 7) is 1.74. The summed E-state index contributed by atoms with van der Waals surface area (Å²) in [6, 6.07) is 13.2. The monoisotopic (exact) mass is 276 g/mol. The van der Waals surface area contributed by atoms with Crippen LogP contribution in [0.25, 0.3) is 0 Å². The van der Waals surface area contributed by atoms with Gasteiger partial charge in [-0.1, -0.05) is 45.0 Å². The normalized spacial score (nSPS) is 12.8. The number of hydrogen-bond donors (Lipinski definition) is 2. The number of methoxy groups -OCH3 is 1. The molecule has 0 aromatic heterocycles. The number of hydrogen-bond acceptors (Lipinski definition) is 3. The molecule has 3 nitrogen and oxygen atoms in total. The van der Waals surface area contributed by atoms with Gasteiger partial charge in [0.25, 0.3) is 0 Å². The number of aromatic hydroxyl groups is 1. The minimum absolute atomic E-state index is 0.170. The predicted octanol–water partition coefficient (Wildman–Crippen LogP) is 2.08. The van der Waals surface area contributed by atoms with E-state index in [1.54, 1.807) is 13.0 Å². The van der Waals surface area contributed by atoms with Gasteiger partial charge in [-0.2, -0.15) is 0 Å². The van der Waals surface area contributed by atoms with Crippen LogP contribution >= 0.6 is 8.58 Å². The van der Waals surface area contributed by atoms with Crippen molar-refractivity contribution in [3.8, 4) is 11.5 Å². The maximum absolute atomic E-state index is 10.1. The molecule has 0 aliphatic rings. The van der Waals surface area contributed by atoms with Crippen LogP contribution in [0.3, 0.4) is 0 Å². The van der Waals surface area contributed by atoms with Crippen LogP contribution in [0.15, 0.2) is 42.5 Å². The minimum Gasteiger partial charge on any atom is -0.504 e. The van der Waals surface area contributed by atoms with Crippen molar-refractivity contribution in [1.29, 1.82) is 0 Å². The van der Waals surface area contributed by atoms with Crippen LogP contribution in [0.1, 0.15) is 18.6 Å². The number of rotatable bonds is 4. The molecule has 0 saturated carbocycles. The molecule has 0 aliphatic carbocycles. The van der Waals surface area contributed by atoms with E-state index in [1.165, 1.54) is 7.11 Å². The highest BCUT2D eigenvalue weighted by molar-refractivity contribution is 7.55. The van der Waals surface area contributed by atoms with Crippen molar-refractivity contribution < 1.29 is 14.9 Å². The summed E-state index contributed by atoms with van der Waals surface area (Å²) in [6.07, 6.45) is -0.517. The van der Waals surface area contributed by atoms with Gasteiger partial charge in [-0.3, -0.25) is 0 Å². The SMILES string of the molecule is COc1cccc(Pc2ccccc2C(C)O)c1O. The molecule has 0 saturated heterocycles. The highest BCUT2D eigenvalue weighted by Crippen LogP contribution is 2.29. The van der Waals surface area contributed by atoms with E-state index in [4.69, 9.17) is 4.74 Å². The summed E-state index contributed by atoms with van der Waals surface area (Å²) in [7, 11) is 1.81. The van der Waals surface area contributed by atoms with Gasteiger partial charge in [-0.15, -0.1) is 0 Å². The molecular weight excluding hydrogens is 259 g/mol. The van der Waals surface area contributed by atoms with Gasteiger partial charge in [0, 0.05) is 5.30 Å². The molecule has 2 N–H and O–H groups in total. The van der Waals surface area contributed by atoms with Crippen LogP contribution in [0, 0.1) is 0 Å². The highest BCUT2D eigenvalue weighted by Gasteiger charge is 2.12. The summed E-state index contributed by atoms with van der Waals surface area (Å²) in [5.41, 5.74) is 0.892. The zero-order valence-corrected chi connectivity index (χ0v) is 11.9. The average molecular weight is 276 g/mol. The van der Waals surface area contributed by atoms with E-state index in [-0.39, 0.29) is 14.3 Å². The Morgan fingerprint density at radius 1 is 1.05 bits per heavy atom. The Bertz CT molecular complexity index is 567. The summed E-state index contributed by atoms with van der Waals surface area (Å²) in [4.78, 5) is 0. The average Bonchev–Trinajstić information content (AvgIpc) is 2.41. The predicted molar refractivity (Wildman–Crippen MR) is 79.3 cm³/mol. The minimum atomic E-state index is -0.517. The third kappa shape index (κ3) is 3.06. The zero-order chi connectivity index (χ0) is 13.8. The number of phenols is 1. The Morgan fingerprint density at radius 2 is 1.74 bits per heavy atom. The number of para-hydroxylation sites is 1. The molecule has 0 aliphatic heterocycles. The van der Waals surface area contributed by atoms with Crippen LogP contribution < -0.4 is 15.3 Å². The van der Waals surface area contributed by atoms with E-state index in [9.17, 15) is 10.2 Å². The first-order valence-corrected chi connectivity index (χ1v) is 7.03. The second-order valence-electron chi connectivity index (χ2n) is 4.24. The Kier molecular flexibility index (Phi) is 4.41. The van der Waals surface area contributed by atoms with Crippen LogP contribution in [-0.4, -0.2) is 17.3 Å². The maximum atomic E-state index is 10.1. The first-order chi connectivity index (χ1) is 9.13. The van der Waals surface area contributed by atoms with Gasteiger partial charge in [0.15, 0.2) is 11.5 Å². The Hall–Kier alpha value is -1.57. The van der Waals surface area contributed by atoms with E-state index in [1.807, 2.05) is 36.4 Å². The fourth-order valence-electron chi connectivity index (χ4n) is 1.91. The molecule has 2 aromatic rings. The number of benzene rings is 2. The van der Waals surface area contributed by atoms with Crippen LogP contribution in [0.2, 0.25) is 0 Å². The molecule has 0 heterocycles. The standard InChI is InChI=1S/C15H17O3P/c1-10(16)11-6-3-4-8-13(11)19-14-9-5-7-12(18-2)15(14)17/h3-10,16-17,19H,1-2H3. The Morgan fingerprint density at radius 3 is 2.42 bits per heavy atom. The molecule has 0 bridgehead atoms. The molecule has 2 unspecified atom stereocenters. The van der Waals surface area contributed by atoms with E-state index >= 15 is 0 Å². The summed E-state index contributed by atoms with van der Waals surface area (Å²) in [5, 5.41) is 21.7. The lowest BCUT2D eigenvalue weighted by Gasteiger charge is -2.13. The Balaban J connectivity index is 2.37. The lowest BCUT2D eigenvalue weighted by atomic mass is 10.1. The van der Waals surface area contributed by atoms with Gasteiger partial charge in [0.1, 0.15) is 0 Å². The Labute approximate surface area is 114 Å². The number of aliphatic hydroxyl groups is 1. The molecule has 100 valence electrons. The lowest BCUT2D eigenvalue weighted by Crippen LogP contribution is -2.11. The number of aliphatic hydroxyl groups excluding tert-OH is 1. The topological polar surface area (TPSA) is 49.7 Å². The van der Waals surface area contributed by atoms with Crippen molar-refractivity contribution in [1.82, 2.24) is 0 Å². The second kappa shape index (κ2) is 6.05. The molecule has 2 rings (SSSR count). The van der Waals surface area contributed by atoms with E-state index in [0.717, 1.165) is 16.2 Å². The second-order valence-corrected chi connectivity index (χ2v) is 5.57. The van der Waals surface area contributed by atoms with Gasteiger partial charge < -0.3 is 14.9 Å². The number of phenolic OH excluding ortho intramolecular Hbond substituents is 1. The van der Waals surface area contributed by atoms with Crippen LogP contribution in [-0.2, 0) is 0 Å². The summed E-state index contributed by atoms with van der Waals surface area (Å²) >= 11 is 0. The third-order valence-electron chi connectivity index (χ3n) is 2.90. The van der Waals surface area contributed by atoms with Gasteiger partial charge >= 0.3 is 0 Å². The van der Waals surface area contributed by atoms with E-state index in [0.29, 0.717) is 5.75 Å². The van der Waals surface area contributed by atoms with Crippen LogP contribution in [0.4, 0.5) is 0 Å². The molecule has 0 fully saturated rings. The summed E-state index contributed by atoms with van der Waals surface area (Å²) in [5.74, 6) is 0.642. The van der Waals surface area contributed by atoms with Crippen molar-refractivity contribution >= 4 is 19.2 Å². The fourth-order valence-corrected chi connectivity index (χ4v) is 3.24. The molecule has 19 heavy (non-hydrogen) atoms. The van der Waals surface area contributed by atoms with Crippen LogP contribution in [0.5, 0.6) is 11.5 Å². The van der Waals surface area contributed by atoms with Crippen molar-refractivity contribution in [2.75, 3.05) is 7.11 Å². The van der Waals surface area contributed by atoms with Gasteiger partial charge in [0.2, 0.25) is 0 Å². The highest BCUT2D eigenvalue weighted by atomic mass is 31.1. The molecule has 0 amide bonds. The molecule has 4 heteroatoms. The number of ether oxygens (including phenoxy) is 1. The molecule has 2 aromatic carbocycles. The quantitative estimate of drug-likeness (QED) is 0.841. The van der Waals surface area contributed by atoms with E-state index in [2.05, 4.69) is 0 Å². The maximum Gasteiger partial charge on any atom is 0.165 e. The molecule has 0 spiro atoms. The van der Waals surface area contributed by atoms with Gasteiger partial charge in [-0.25, -0.2) is 0 Å². The smallest absolute Gasteiger partial charge is 0.165 e. The van der Waals surface area contributed by atoms with E-state index < -0.39 is 6.10 Å². The molecule has 0 radical (unpaired) electrons. The third-order valence-corrected chi connectivity index (χ3v) is 4.30. The largest absolute Gasteiger partial charge is 0.504 e. The van der Waals surface area contributed by atoms with Crippen molar-refractivity contribution in [3.63, 3.8) is 0 Å². The van der Waals surface area contributed by atoms with Crippen molar-refractivity contribution in [2.24, 2.45) is 0 Å². The fraction of sp³-hybridized carbons (Fsp3) is 0.200.